The zero-order valence-electron chi connectivity index (χ0n) is 14.0. The highest BCUT2D eigenvalue weighted by atomic mass is 16.5. The molecular weight excluding hydrogens is 304 g/mol. The van der Waals surface area contributed by atoms with E-state index in [2.05, 4.69) is 16.0 Å². The molecule has 3 aromatic rings. The summed E-state index contributed by atoms with van der Waals surface area (Å²) in [4.78, 5) is 22.1. The summed E-state index contributed by atoms with van der Waals surface area (Å²) in [5.41, 5.74) is 3.54. The molecule has 1 aliphatic heterocycles. The van der Waals surface area contributed by atoms with Gasteiger partial charge < -0.3 is 14.6 Å². The Labute approximate surface area is 140 Å². The molecule has 1 fully saturated rings. The van der Waals surface area contributed by atoms with Crippen LogP contribution in [0.5, 0.6) is 0 Å². The first kappa shape index (κ1) is 15.4. The molecule has 0 aliphatic carbocycles. The summed E-state index contributed by atoms with van der Waals surface area (Å²) < 4.78 is 7.11. The largest absolute Gasteiger partial charge is 0.370 e. The van der Waals surface area contributed by atoms with Gasteiger partial charge >= 0.3 is 0 Å². The van der Waals surface area contributed by atoms with E-state index in [-0.39, 0.29) is 5.56 Å². The molecule has 0 amide bonds. The van der Waals surface area contributed by atoms with Crippen LogP contribution < -0.4 is 10.5 Å². The second-order valence-corrected chi connectivity index (χ2v) is 6.61. The summed E-state index contributed by atoms with van der Waals surface area (Å²) in [6.45, 7) is 7.64. The summed E-state index contributed by atoms with van der Waals surface area (Å²) in [6, 6.07) is 6.14. The summed E-state index contributed by atoms with van der Waals surface area (Å²) >= 11 is 0. The highest BCUT2D eigenvalue weighted by molar-refractivity contribution is 6.04. The molecular formula is C18H23N4O2+. The maximum absolute atomic E-state index is 12.7. The van der Waals surface area contributed by atoms with Crippen LogP contribution in [0.1, 0.15) is 12.0 Å². The van der Waals surface area contributed by atoms with Gasteiger partial charge in [-0.2, -0.15) is 0 Å². The van der Waals surface area contributed by atoms with E-state index in [0.29, 0.717) is 12.1 Å². The Morgan fingerprint density at radius 2 is 2.17 bits per heavy atom. The zero-order chi connectivity index (χ0) is 16.5. The molecule has 4 rings (SSSR count). The molecule has 126 valence electrons. The Hall–Kier alpha value is -2.18. The molecule has 6 heteroatoms. The van der Waals surface area contributed by atoms with Crippen molar-refractivity contribution in [2.24, 2.45) is 0 Å². The number of quaternary nitrogens is 1. The molecule has 1 aromatic carbocycles. The Bertz CT molecular complexity index is 922. The highest BCUT2D eigenvalue weighted by Gasteiger charge is 2.14. The monoisotopic (exact) mass is 327 g/mol. The summed E-state index contributed by atoms with van der Waals surface area (Å²) in [7, 11) is 0. The number of ether oxygens (including phenoxy) is 1. The Morgan fingerprint density at radius 1 is 1.33 bits per heavy atom. The number of nitrogens with one attached hydrogen (secondary N) is 2. The van der Waals surface area contributed by atoms with Gasteiger partial charge in [0, 0.05) is 23.9 Å². The molecule has 3 heterocycles. The first-order chi connectivity index (χ1) is 11.7. The molecule has 2 N–H and O–H groups in total. The van der Waals surface area contributed by atoms with Crippen molar-refractivity contribution in [1.29, 1.82) is 0 Å². The van der Waals surface area contributed by atoms with E-state index in [1.807, 2.05) is 19.1 Å². The minimum absolute atomic E-state index is 0.0193. The van der Waals surface area contributed by atoms with Gasteiger partial charge in [-0.25, -0.2) is 4.98 Å². The molecule has 1 aliphatic rings. The third-order valence-electron chi connectivity index (χ3n) is 4.86. The molecule has 0 saturated carbocycles. The second-order valence-electron chi connectivity index (χ2n) is 6.61. The van der Waals surface area contributed by atoms with Gasteiger partial charge in [0.15, 0.2) is 0 Å². The summed E-state index contributed by atoms with van der Waals surface area (Å²) in [5.74, 6) is 0. The van der Waals surface area contributed by atoms with Crippen LogP contribution in [0.15, 0.2) is 29.3 Å². The number of H-pyrrole nitrogens is 1. The van der Waals surface area contributed by atoms with Gasteiger partial charge in [0.25, 0.3) is 5.56 Å². The van der Waals surface area contributed by atoms with Gasteiger partial charge in [-0.3, -0.25) is 9.36 Å². The molecule has 6 nitrogen and oxygen atoms in total. The van der Waals surface area contributed by atoms with Crippen molar-refractivity contribution in [3.05, 3.63) is 40.4 Å². The SMILES string of the molecule is Cc1ccc2c(c1)[nH]c1c(=O)n(CCC[NH+]3CCOCC3)cnc12. The van der Waals surface area contributed by atoms with Gasteiger partial charge in [0.1, 0.15) is 24.1 Å². The lowest BCUT2D eigenvalue weighted by atomic mass is 10.2. The molecule has 24 heavy (non-hydrogen) atoms. The standard InChI is InChI=1S/C18H22N4O2/c1-13-3-4-14-15(11-13)20-17-16(14)19-12-22(18(17)23)6-2-5-21-7-9-24-10-8-21/h3-4,11-12,20H,2,5-10H2,1H3/p+1. The molecule has 0 spiro atoms. The van der Waals surface area contributed by atoms with Gasteiger partial charge in [-0.15, -0.1) is 0 Å². The van der Waals surface area contributed by atoms with Crippen molar-refractivity contribution in [1.82, 2.24) is 14.5 Å². The molecule has 0 radical (unpaired) electrons. The quantitative estimate of drug-likeness (QED) is 0.733. The van der Waals surface area contributed by atoms with Crippen molar-refractivity contribution in [3.8, 4) is 0 Å². The smallest absolute Gasteiger partial charge is 0.277 e. The van der Waals surface area contributed by atoms with E-state index in [1.165, 1.54) is 5.56 Å². The first-order valence-electron chi connectivity index (χ1n) is 8.61. The van der Waals surface area contributed by atoms with Crippen LogP contribution in [-0.2, 0) is 11.3 Å². The van der Waals surface area contributed by atoms with Crippen molar-refractivity contribution >= 4 is 21.9 Å². The third kappa shape index (κ3) is 2.83. The Kier molecular flexibility index (Phi) is 4.08. The van der Waals surface area contributed by atoms with Gasteiger partial charge in [-0.1, -0.05) is 12.1 Å². The van der Waals surface area contributed by atoms with Crippen LogP contribution in [0.4, 0.5) is 0 Å². The van der Waals surface area contributed by atoms with Crippen molar-refractivity contribution < 1.29 is 9.64 Å². The average Bonchev–Trinajstić information content (AvgIpc) is 2.96. The maximum atomic E-state index is 12.7. The number of morpholine rings is 1. The molecule has 0 unspecified atom stereocenters. The molecule has 0 bridgehead atoms. The number of aromatic amines is 1. The first-order valence-corrected chi connectivity index (χ1v) is 8.61. The van der Waals surface area contributed by atoms with Crippen LogP contribution in [-0.4, -0.2) is 47.4 Å². The fourth-order valence-electron chi connectivity index (χ4n) is 3.48. The molecule has 1 saturated heterocycles. The van der Waals surface area contributed by atoms with Crippen molar-refractivity contribution in [2.45, 2.75) is 19.9 Å². The van der Waals surface area contributed by atoms with Gasteiger partial charge in [0.05, 0.1) is 26.1 Å². The molecule has 2 aromatic heterocycles. The average molecular weight is 327 g/mol. The normalized spacial score (nSPS) is 16.2. The third-order valence-corrected chi connectivity index (χ3v) is 4.86. The van der Waals surface area contributed by atoms with E-state index in [0.717, 1.165) is 55.7 Å². The number of fused-ring (bicyclic) bond motifs is 3. The van der Waals surface area contributed by atoms with Crippen LogP contribution in [0.2, 0.25) is 0 Å². The minimum Gasteiger partial charge on any atom is -0.370 e. The van der Waals surface area contributed by atoms with E-state index in [4.69, 9.17) is 4.74 Å². The van der Waals surface area contributed by atoms with Crippen molar-refractivity contribution in [3.63, 3.8) is 0 Å². The van der Waals surface area contributed by atoms with Crippen LogP contribution in [0.25, 0.3) is 21.9 Å². The Balaban J connectivity index is 1.56. The maximum Gasteiger partial charge on any atom is 0.277 e. The lowest BCUT2D eigenvalue weighted by molar-refractivity contribution is -0.908. The summed E-state index contributed by atoms with van der Waals surface area (Å²) in [6.07, 6.45) is 2.66. The lowest BCUT2D eigenvalue weighted by Crippen LogP contribution is -3.14. The molecule has 0 atom stereocenters. The van der Waals surface area contributed by atoms with E-state index in [1.54, 1.807) is 15.8 Å². The number of nitrogens with zero attached hydrogens (tertiary/aromatic N) is 2. The predicted octanol–water partition coefficient (Wildman–Crippen LogP) is 0.491. The lowest BCUT2D eigenvalue weighted by Gasteiger charge is -2.23. The second kappa shape index (κ2) is 6.37. The van der Waals surface area contributed by atoms with Crippen LogP contribution in [0.3, 0.4) is 0 Å². The number of aryl methyl sites for hydroxylation is 2. The number of hydrogen-bond donors (Lipinski definition) is 2. The Morgan fingerprint density at radius 3 is 3.00 bits per heavy atom. The number of rotatable bonds is 4. The van der Waals surface area contributed by atoms with Gasteiger partial charge in [0.2, 0.25) is 0 Å². The number of hydrogen-bond acceptors (Lipinski definition) is 3. The topological polar surface area (TPSA) is 64.3 Å². The minimum atomic E-state index is 0.0193. The fourth-order valence-corrected chi connectivity index (χ4v) is 3.48. The highest BCUT2D eigenvalue weighted by Crippen LogP contribution is 2.22. The zero-order valence-corrected chi connectivity index (χ0v) is 14.0. The van der Waals surface area contributed by atoms with Crippen LogP contribution in [0, 0.1) is 6.92 Å². The predicted molar refractivity (Wildman–Crippen MR) is 93.6 cm³/mol. The summed E-state index contributed by atoms with van der Waals surface area (Å²) in [5, 5.41) is 1.01. The van der Waals surface area contributed by atoms with Crippen LogP contribution >= 0.6 is 0 Å². The van der Waals surface area contributed by atoms with E-state index < -0.39 is 0 Å². The number of aromatic nitrogens is 3. The van der Waals surface area contributed by atoms with Crippen molar-refractivity contribution in [2.75, 3.05) is 32.8 Å². The van der Waals surface area contributed by atoms with Gasteiger partial charge in [-0.05, 0) is 18.6 Å². The number of benzene rings is 1. The van der Waals surface area contributed by atoms with E-state index >= 15 is 0 Å². The fraction of sp³-hybridized carbons (Fsp3) is 0.444. The van der Waals surface area contributed by atoms with E-state index in [9.17, 15) is 4.79 Å².